The average Bonchev–Trinajstić information content (AvgIpc) is 3.13. The number of aliphatic imine (C=N–C) groups is 1. The lowest BCUT2D eigenvalue weighted by Crippen LogP contribution is -2.40. The summed E-state index contributed by atoms with van der Waals surface area (Å²) in [6, 6.07) is 39.2. The number of para-hydroxylation sites is 1. The highest BCUT2D eigenvalue weighted by molar-refractivity contribution is 5.98. The molecule has 0 aliphatic carbocycles. The van der Waals surface area contributed by atoms with E-state index in [-0.39, 0.29) is 18.4 Å². The van der Waals surface area contributed by atoms with Crippen molar-refractivity contribution in [3.63, 3.8) is 0 Å². The van der Waals surface area contributed by atoms with Gasteiger partial charge in [0.25, 0.3) is 5.91 Å². The first-order chi connectivity index (χ1) is 24.9. The molecular weight excluding hydrogens is 679 g/mol. The quantitative estimate of drug-likeness (QED) is 0.0730. The fourth-order valence-electron chi connectivity index (χ4n) is 4.44. The lowest BCUT2D eigenvalue weighted by atomic mass is 10.0. The molecule has 11 nitrogen and oxygen atoms in total. The lowest BCUT2D eigenvalue weighted by Gasteiger charge is -2.20. The fourth-order valence-corrected chi connectivity index (χ4v) is 4.44. The van der Waals surface area contributed by atoms with Crippen molar-refractivity contribution < 1.29 is 42.1 Å². The summed E-state index contributed by atoms with van der Waals surface area (Å²) >= 11 is 0. The number of hydrogen-bond donors (Lipinski definition) is 5. The number of nitrogens with zero attached hydrogens (tertiary/aromatic N) is 1. The third-order valence-corrected chi connectivity index (χ3v) is 7.00. The van der Waals surface area contributed by atoms with Gasteiger partial charge in [0.15, 0.2) is 5.96 Å². The molecule has 5 rings (SSSR count). The summed E-state index contributed by atoms with van der Waals surface area (Å²) in [5, 5.41) is 12.9. The van der Waals surface area contributed by atoms with Gasteiger partial charge in [0.1, 0.15) is 29.9 Å². The standard InChI is InChI=1S/C36H33N5O4.C2HF3O2/c37-36(38)40-29-17-11-25(12-18-29)23-39-35(43)33(27-13-19-30(20-14-27)44-24-26-7-3-1-4-8-26)41-34(42)28-15-21-32(22-16-28)45-31-9-5-2-6-10-31;3-2(4,5)1(6)7/h1-22,33H,23-24H2,(H,39,43)(H,41,42)(H4,37,38,40);(H,6,7)/t33-;/m0./s1. The number of amides is 2. The SMILES string of the molecule is NC(N)=Nc1ccc(CNC(=O)[C@@H](NC(=O)c2ccc(Oc3ccccc3)cc2)c2ccc(OCc3ccccc3)cc2)cc1.O=C(O)C(F)(F)F. The molecule has 0 aromatic heterocycles. The molecule has 5 aromatic carbocycles. The van der Waals surface area contributed by atoms with Crippen LogP contribution in [0.15, 0.2) is 138 Å². The van der Waals surface area contributed by atoms with E-state index in [4.69, 9.17) is 30.8 Å². The predicted molar refractivity (Wildman–Crippen MR) is 188 cm³/mol. The van der Waals surface area contributed by atoms with E-state index >= 15 is 0 Å². The average molecular weight is 714 g/mol. The molecule has 0 aliphatic heterocycles. The van der Waals surface area contributed by atoms with E-state index in [9.17, 15) is 22.8 Å². The highest BCUT2D eigenvalue weighted by Crippen LogP contribution is 2.23. The van der Waals surface area contributed by atoms with Crippen LogP contribution in [-0.4, -0.2) is 35.0 Å². The minimum Gasteiger partial charge on any atom is -0.489 e. The first-order valence-corrected chi connectivity index (χ1v) is 15.5. The van der Waals surface area contributed by atoms with Crippen LogP contribution < -0.4 is 31.6 Å². The van der Waals surface area contributed by atoms with Crippen molar-refractivity contribution in [2.45, 2.75) is 25.4 Å². The summed E-state index contributed by atoms with van der Waals surface area (Å²) in [6.07, 6.45) is -5.08. The van der Waals surface area contributed by atoms with E-state index in [1.165, 1.54) is 0 Å². The summed E-state index contributed by atoms with van der Waals surface area (Å²) < 4.78 is 43.5. The molecule has 0 fully saturated rings. The molecule has 0 radical (unpaired) electrons. The number of carbonyl (C=O) groups is 3. The van der Waals surface area contributed by atoms with Crippen LogP contribution in [0.4, 0.5) is 18.9 Å². The van der Waals surface area contributed by atoms with Gasteiger partial charge < -0.3 is 36.7 Å². The Balaban J connectivity index is 0.000000785. The Bertz CT molecular complexity index is 1940. The maximum absolute atomic E-state index is 13.5. The highest BCUT2D eigenvalue weighted by Gasteiger charge is 2.38. The van der Waals surface area contributed by atoms with Crippen molar-refractivity contribution in [3.05, 3.63) is 156 Å². The molecule has 268 valence electrons. The second-order valence-corrected chi connectivity index (χ2v) is 10.9. The molecule has 5 aromatic rings. The summed E-state index contributed by atoms with van der Waals surface area (Å²) in [6.45, 7) is 0.643. The number of carboxylic acid groups (broad SMARTS) is 1. The Morgan fingerprint density at radius 2 is 1.25 bits per heavy atom. The van der Waals surface area contributed by atoms with E-state index < -0.39 is 24.1 Å². The van der Waals surface area contributed by atoms with Gasteiger partial charge in [-0.1, -0.05) is 72.8 Å². The second-order valence-electron chi connectivity index (χ2n) is 10.9. The summed E-state index contributed by atoms with van der Waals surface area (Å²) in [5.41, 5.74) is 14.3. The molecule has 7 N–H and O–H groups in total. The van der Waals surface area contributed by atoms with Crippen LogP contribution in [-0.2, 0) is 22.7 Å². The summed E-state index contributed by atoms with van der Waals surface area (Å²) in [7, 11) is 0. The van der Waals surface area contributed by atoms with Crippen LogP contribution in [0.1, 0.15) is 33.1 Å². The Kier molecular flexibility index (Phi) is 13.3. The number of hydrogen-bond acceptors (Lipinski definition) is 6. The molecule has 0 saturated heterocycles. The molecular formula is C38H34F3N5O6. The lowest BCUT2D eigenvalue weighted by molar-refractivity contribution is -0.192. The number of nitrogens with two attached hydrogens (primary N) is 2. The molecule has 2 amide bonds. The number of carboxylic acids is 1. The molecule has 0 unspecified atom stereocenters. The number of nitrogens with one attached hydrogen (secondary N) is 2. The molecule has 0 aliphatic rings. The van der Waals surface area contributed by atoms with Crippen LogP contribution in [0, 0.1) is 0 Å². The third kappa shape index (κ3) is 12.2. The normalized spacial score (nSPS) is 11.1. The third-order valence-electron chi connectivity index (χ3n) is 7.00. The Morgan fingerprint density at radius 3 is 1.81 bits per heavy atom. The van der Waals surface area contributed by atoms with E-state index in [1.807, 2.05) is 72.8 Å². The van der Waals surface area contributed by atoms with E-state index in [0.29, 0.717) is 40.7 Å². The van der Waals surface area contributed by atoms with Crippen molar-refractivity contribution in [1.29, 1.82) is 0 Å². The minimum atomic E-state index is -5.08. The van der Waals surface area contributed by atoms with Crippen molar-refractivity contribution in [2.75, 3.05) is 0 Å². The Labute approximate surface area is 296 Å². The predicted octanol–water partition coefficient (Wildman–Crippen LogP) is 6.38. The van der Waals surface area contributed by atoms with Crippen LogP contribution in [0.25, 0.3) is 0 Å². The van der Waals surface area contributed by atoms with Crippen molar-refractivity contribution in [1.82, 2.24) is 10.6 Å². The Morgan fingerprint density at radius 1 is 0.712 bits per heavy atom. The van der Waals surface area contributed by atoms with E-state index in [2.05, 4.69) is 15.6 Å². The van der Waals surface area contributed by atoms with Gasteiger partial charge >= 0.3 is 12.1 Å². The molecule has 0 spiro atoms. The highest BCUT2D eigenvalue weighted by atomic mass is 19.4. The van der Waals surface area contributed by atoms with Gasteiger partial charge in [0.05, 0.1) is 5.69 Å². The number of alkyl halides is 3. The van der Waals surface area contributed by atoms with Gasteiger partial charge in [-0.3, -0.25) is 9.59 Å². The topological polar surface area (TPSA) is 178 Å². The van der Waals surface area contributed by atoms with Gasteiger partial charge in [-0.25, -0.2) is 9.79 Å². The first kappa shape index (κ1) is 38.0. The number of halogens is 3. The van der Waals surface area contributed by atoms with Gasteiger partial charge in [-0.15, -0.1) is 0 Å². The number of benzene rings is 5. The molecule has 1 atom stereocenters. The number of carbonyl (C=O) groups excluding carboxylic acids is 2. The molecule has 0 bridgehead atoms. The van der Waals surface area contributed by atoms with Gasteiger partial charge in [0.2, 0.25) is 5.91 Å². The zero-order chi connectivity index (χ0) is 37.5. The van der Waals surface area contributed by atoms with Gasteiger partial charge in [0, 0.05) is 12.1 Å². The van der Waals surface area contributed by atoms with Crippen LogP contribution >= 0.6 is 0 Å². The molecule has 14 heteroatoms. The van der Waals surface area contributed by atoms with E-state index in [0.717, 1.165) is 11.1 Å². The van der Waals surface area contributed by atoms with Crippen molar-refractivity contribution in [3.8, 4) is 17.2 Å². The molecule has 0 saturated carbocycles. The summed E-state index contributed by atoms with van der Waals surface area (Å²) in [5.74, 6) is -1.66. The van der Waals surface area contributed by atoms with E-state index in [1.54, 1.807) is 60.7 Å². The Hall–Kier alpha value is -6.83. The second kappa shape index (κ2) is 18.2. The van der Waals surface area contributed by atoms with Crippen molar-refractivity contribution in [2.24, 2.45) is 16.5 Å². The molecule has 52 heavy (non-hydrogen) atoms. The monoisotopic (exact) mass is 713 g/mol. The van der Waals surface area contributed by atoms with Gasteiger partial charge in [-0.05, 0) is 77.4 Å². The smallest absolute Gasteiger partial charge is 0.489 e. The molecule has 0 heterocycles. The van der Waals surface area contributed by atoms with Crippen LogP contribution in [0.5, 0.6) is 17.2 Å². The van der Waals surface area contributed by atoms with Crippen molar-refractivity contribution >= 4 is 29.4 Å². The minimum absolute atomic E-state index is 0.0375. The maximum Gasteiger partial charge on any atom is 0.490 e. The van der Waals surface area contributed by atoms with Crippen LogP contribution in [0.2, 0.25) is 0 Å². The van der Waals surface area contributed by atoms with Crippen LogP contribution in [0.3, 0.4) is 0 Å². The number of rotatable bonds is 12. The number of guanidine groups is 1. The summed E-state index contributed by atoms with van der Waals surface area (Å²) in [4.78, 5) is 39.8. The number of aliphatic carboxylic acids is 1. The maximum atomic E-state index is 13.5. The largest absolute Gasteiger partial charge is 0.490 e. The zero-order valence-corrected chi connectivity index (χ0v) is 27.4. The fraction of sp³-hybridized carbons (Fsp3) is 0.105. The zero-order valence-electron chi connectivity index (χ0n) is 27.4. The number of ether oxygens (including phenoxy) is 2. The first-order valence-electron chi connectivity index (χ1n) is 15.5. The van der Waals surface area contributed by atoms with Gasteiger partial charge in [-0.2, -0.15) is 13.2 Å².